The molecule has 9 heteroatoms. The number of hydrogen-bond donors (Lipinski definition) is 2. The number of halogens is 1. The standard InChI is InChI=1S/C19H18FN5O.CH3NO/c1-13-11-21-17-8-7-16(23-25(13)17)19-18(14-3-5-15(20)6-4-14)22-12-24(19)9-2-10-26;2-1-3/h3-8,11-12,26H,2,9-10H2,1H3;1H,(H2,2,3). The molecular weight excluding hydrogens is 375 g/mol. The summed E-state index contributed by atoms with van der Waals surface area (Å²) in [5.74, 6) is -0.288. The van der Waals surface area contributed by atoms with Gasteiger partial charge in [-0.25, -0.2) is 18.9 Å². The van der Waals surface area contributed by atoms with Crippen LogP contribution in [0.25, 0.3) is 28.3 Å². The number of carbonyl (C=O) groups excluding carboxylic acids is 1. The van der Waals surface area contributed by atoms with Gasteiger partial charge in [-0.1, -0.05) is 0 Å². The van der Waals surface area contributed by atoms with Crippen molar-refractivity contribution in [1.82, 2.24) is 24.1 Å². The highest BCUT2D eigenvalue weighted by atomic mass is 19.1. The number of hydrogen-bond acceptors (Lipinski definition) is 5. The Morgan fingerprint density at radius 2 is 1.90 bits per heavy atom. The van der Waals surface area contributed by atoms with Crippen LogP contribution in [0, 0.1) is 12.7 Å². The Morgan fingerprint density at radius 3 is 2.59 bits per heavy atom. The Labute approximate surface area is 166 Å². The fourth-order valence-corrected chi connectivity index (χ4v) is 2.99. The van der Waals surface area contributed by atoms with E-state index in [4.69, 9.17) is 9.89 Å². The lowest BCUT2D eigenvalue weighted by Gasteiger charge is -2.10. The topological polar surface area (TPSA) is 111 Å². The maximum atomic E-state index is 13.3. The molecule has 0 saturated heterocycles. The number of carbonyl (C=O) groups is 1. The minimum atomic E-state index is -0.288. The third-order valence-corrected chi connectivity index (χ3v) is 4.29. The summed E-state index contributed by atoms with van der Waals surface area (Å²) in [5.41, 5.74) is 9.00. The Hall–Kier alpha value is -3.59. The molecule has 150 valence electrons. The molecule has 0 spiro atoms. The van der Waals surface area contributed by atoms with Crippen molar-refractivity contribution in [3.8, 4) is 22.6 Å². The summed E-state index contributed by atoms with van der Waals surface area (Å²) in [6.45, 7) is 2.65. The molecule has 4 aromatic rings. The lowest BCUT2D eigenvalue weighted by molar-refractivity contribution is -0.106. The third-order valence-electron chi connectivity index (χ3n) is 4.29. The second kappa shape index (κ2) is 9.07. The molecule has 0 fully saturated rings. The lowest BCUT2D eigenvalue weighted by Crippen LogP contribution is -2.04. The van der Waals surface area contributed by atoms with Crippen LogP contribution in [0.5, 0.6) is 0 Å². The SMILES string of the molecule is Cc1cnc2ccc(-c3c(-c4ccc(F)cc4)ncn3CCCO)nn12.NC=O. The average molecular weight is 396 g/mol. The molecule has 3 aromatic heterocycles. The number of nitrogens with two attached hydrogens (primary N) is 1. The van der Waals surface area contributed by atoms with Gasteiger partial charge in [0, 0.05) is 18.7 Å². The monoisotopic (exact) mass is 396 g/mol. The highest BCUT2D eigenvalue weighted by molar-refractivity contribution is 5.77. The third kappa shape index (κ3) is 4.30. The maximum absolute atomic E-state index is 13.3. The van der Waals surface area contributed by atoms with Gasteiger partial charge in [0.25, 0.3) is 0 Å². The predicted octanol–water partition coefficient (Wildman–Crippen LogP) is 2.19. The van der Waals surface area contributed by atoms with Crippen molar-refractivity contribution in [3.63, 3.8) is 0 Å². The van der Waals surface area contributed by atoms with Crippen molar-refractivity contribution in [2.45, 2.75) is 19.9 Å². The van der Waals surface area contributed by atoms with E-state index in [0.717, 1.165) is 34.0 Å². The van der Waals surface area contributed by atoms with E-state index in [1.54, 1.807) is 29.2 Å². The van der Waals surface area contributed by atoms with Crippen LogP contribution < -0.4 is 5.73 Å². The van der Waals surface area contributed by atoms with Crippen LogP contribution in [-0.2, 0) is 11.3 Å². The van der Waals surface area contributed by atoms with Crippen LogP contribution in [0.1, 0.15) is 12.1 Å². The summed E-state index contributed by atoms with van der Waals surface area (Å²) in [4.78, 5) is 17.4. The number of primary amides is 1. The second-order valence-corrected chi connectivity index (χ2v) is 6.24. The first-order valence-corrected chi connectivity index (χ1v) is 8.98. The summed E-state index contributed by atoms with van der Waals surface area (Å²) in [5, 5.41) is 13.9. The molecule has 3 N–H and O–H groups in total. The number of aryl methyl sites for hydroxylation is 2. The molecule has 1 aromatic carbocycles. The van der Waals surface area contributed by atoms with Crippen molar-refractivity contribution in [2.75, 3.05) is 6.61 Å². The van der Waals surface area contributed by atoms with E-state index in [1.807, 2.05) is 23.6 Å². The van der Waals surface area contributed by atoms with Crippen molar-refractivity contribution in [2.24, 2.45) is 5.73 Å². The molecule has 3 heterocycles. The molecule has 0 aliphatic carbocycles. The van der Waals surface area contributed by atoms with E-state index in [-0.39, 0.29) is 18.8 Å². The van der Waals surface area contributed by atoms with E-state index < -0.39 is 0 Å². The molecule has 29 heavy (non-hydrogen) atoms. The molecule has 1 amide bonds. The van der Waals surface area contributed by atoms with E-state index in [9.17, 15) is 9.50 Å². The van der Waals surface area contributed by atoms with E-state index in [1.165, 1.54) is 12.1 Å². The quantitative estimate of drug-likeness (QED) is 0.502. The van der Waals surface area contributed by atoms with Crippen LogP contribution in [0.3, 0.4) is 0 Å². The van der Waals surface area contributed by atoms with Gasteiger partial charge < -0.3 is 15.4 Å². The number of aromatic nitrogens is 5. The molecule has 0 aliphatic rings. The lowest BCUT2D eigenvalue weighted by atomic mass is 10.1. The normalized spacial score (nSPS) is 10.6. The molecule has 0 unspecified atom stereocenters. The van der Waals surface area contributed by atoms with Gasteiger partial charge in [0.15, 0.2) is 5.65 Å². The van der Waals surface area contributed by atoms with E-state index in [0.29, 0.717) is 13.0 Å². The molecule has 0 bridgehead atoms. The van der Waals surface area contributed by atoms with Gasteiger partial charge in [-0.3, -0.25) is 4.79 Å². The van der Waals surface area contributed by atoms with Crippen molar-refractivity contribution in [3.05, 3.63) is 60.4 Å². The maximum Gasteiger partial charge on any atom is 0.204 e. The highest BCUT2D eigenvalue weighted by Crippen LogP contribution is 2.30. The molecular formula is C20H21FN6O2. The summed E-state index contributed by atoms with van der Waals surface area (Å²) >= 11 is 0. The number of amides is 1. The molecule has 0 atom stereocenters. The Kier molecular flexibility index (Phi) is 6.30. The Balaban J connectivity index is 0.000000755. The van der Waals surface area contributed by atoms with Crippen LogP contribution in [0.4, 0.5) is 4.39 Å². The molecule has 0 aliphatic heterocycles. The van der Waals surface area contributed by atoms with Gasteiger partial charge in [0.1, 0.15) is 11.5 Å². The zero-order valence-electron chi connectivity index (χ0n) is 15.9. The molecule has 8 nitrogen and oxygen atoms in total. The smallest absolute Gasteiger partial charge is 0.204 e. The van der Waals surface area contributed by atoms with Gasteiger partial charge in [-0.2, -0.15) is 5.10 Å². The number of imidazole rings is 2. The number of fused-ring (bicyclic) bond motifs is 1. The van der Waals surface area contributed by atoms with Crippen molar-refractivity contribution >= 4 is 12.1 Å². The Bertz CT molecular complexity index is 1100. The number of nitrogens with zero attached hydrogens (tertiary/aromatic N) is 5. The molecule has 0 saturated carbocycles. The minimum absolute atomic E-state index is 0.0938. The van der Waals surface area contributed by atoms with Gasteiger partial charge in [-0.05, 0) is 49.7 Å². The summed E-state index contributed by atoms with van der Waals surface area (Å²) in [7, 11) is 0. The number of benzene rings is 1. The summed E-state index contributed by atoms with van der Waals surface area (Å²) < 4.78 is 17.1. The van der Waals surface area contributed by atoms with Crippen molar-refractivity contribution in [1.29, 1.82) is 0 Å². The zero-order valence-corrected chi connectivity index (χ0v) is 15.9. The molecule has 4 rings (SSSR count). The first kappa shape index (κ1) is 20.2. The largest absolute Gasteiger partial charge is 0.396 e. The Morgan fingerprint density at radius 1 is 1.17 bits per heavy atom. The van der Waals surface area contributed by atoms with Crippen LogP contribution in [0.2, 0.25) is 0 Å². The zero-order chi connectivity index (χ0) is 20.8. The van der Waals surface area contributed by atoms with Crippen LogP contribution in [-0.4, -0.2) is 42.3 Å². The van der Waals surface area contributed by atoms with Gasteiger partial charge in [0.2, 0.25) is 6.41 Å². The predicted molar refractivity (Wildman–Crippen MR) is 106 cm³/mol. The summed E-state index contributed by atoms with van der Waals surface area (Å²) in [6, 6.07) is 10.1. The van der Waals surface area contributed by atoms with Crippen LogP contribution >= 0.6 is 0 Å². The van der Waals surface area contributed by atoms with Gasteiger partial charge in [-0.15, -0.1) is 0 Å². The van der Waals surface area contributed by atoms with Crippen molar-refractivity contribution < 1.29 is 14.3 Å². The summed E-state index contributed by atoms with van der Waals surface area (Å²) in [6.07, 6.45) is 4.37. The second-order valence-electron chi connectivity index (χ2n) is 6.24. The van der Waals surface area contributed by atoms with E-state index >= 15 is 0 Å². The fraction of sp³-hybridized carbons (Fsp3) is 0.200. The van der Waals surface area contributed by atoms with Gasteiger partial charge >= 0.3 is 0 Å². The number of aliphatic hydroxyl groups is 1. The average Bonchev–Trinajstić information content (AvgIpc) is 3.31. The van der Waals surface area contributed by atoms with Crippen LogP contribution in [0.15, 0.2) is 48.9 Å². The number of rotatable bonds is 5. The minimum Gasteiger partial charge on any atom is -0.396 e. The number of aliphatic hydroxyl groups excluding tert-OH is 1. The van der Waals surface area contributed by atoms with E-state index in [2.05, 4.69) is 15.7 Å². The molecule has 0 radical (unpaired) electrons. The highest BCUT2D eigenvalue weighted by Gasteiger charge is 2.17. The van der Waals surface area contributed by atoms with Gasteiger partial charge in [0.05, 0.1) is 29.6 Å². The first-order valence-electron chi connectivity index (χ1n) is 8.98. The fourth-order valence-electron chi connectivity index (χ4n) is 2.99. The first-order chi connectivity index (χ1) is 14.1.